The quantitative estimate of drug-likeness (QED) is 0.469. The lowest BCUT2D eigenvalue weighted by Crippen LogP contribution is -2.46. The first-order valence-corrected chi connectivity index (χ1v) is 10.2. The van der Waals surface area contributed by atoms with E-state index in [0.717, 1.165) is 11.1 Å². The van der Waals surface area contributed by atoms with Crippen LogP contribution in [-0.4, -0.2) is 49.1 Å². The third-order valence-electron chi connectivity index (χ3n) is 5.33. The van der Waals surface area contributed by atoms with Gasteiger partial charge in [-0.3, -0.25) is 14.7 Å². The number of nitrogens with one attached hydrogen (secondary N) is 1. The summed E-state index contributed by atoms with van der Waals surface area (Å²) in [5.41, 5.74) is 1.92. The van der Waals surface area contributed by atoms with E-state index in [1.165, 1.54) is 21.7 Å². The topological polar surface area (TPSA) is 108 Å². The first kappa shape index (κ1) is 21.0. The molecule has 8 nitrogen and oxygen atoms in total. The van der Waals surface area contributed by atoms with Crippen molar-refractivity contribution in [2.75, 3.05) is 6.54 Å². The van der Waals surface area contributed by atoms with Crippen molar-refractivity contribution in [2.24, 2.45) is 0 Å². The fourth-order valence-corrected chi connectivity index (χ4v) is 3.72. The zero-order valence-corrected chi connectivity index (χ0v) is 17.4. The summed E-state index contributed by atoms with van der Waals surface area (Å²) < 4.78 is 1.18. The first-order valence-electron chi connectivity index (χ1n) is 10.2. The molecule has 162 valence electrons. The molecule has 0 fully saturated rings. The standard InChI is InChI=1S/C24H22N4O4/c1-2-27(20(24(31)32)13-16-9-5-3-6-10-16)23(30)18-15-25-28-21(29)14-19(26-22(18)28)17-11-7-4-8-12-17/h3-12,14-15,20,25H,2,13H2,1H3,(H,31,32)/t20-/m0/s1. The number of rotatable bonds is 7. The minimum atomic E-state index is -1.10. The van der Waals surface area contributed by atoms with Crippen molar-refractivity contribution in [3.05, 3.63) is 94.4 Å². The van der Waals surface area contributed by atoms with Gasteiger partial charge in [0.2, 0.25) is 0 Å². The van der Waals surface area contributed by atoms with Gasteiger partial charge in [-0.15, -0.1) is 0 Å². The summed E-state index contributed by atoms with van der Waals surface area (Å²) >= 11 is 0. The van der Waals surface area contributed by atoms with Crippen LogP contribution >= 0.6 is 0 Å². The van der Waals surface area contributed by atoms with Crippen molar-refractivity contribution >= 4 is 17.5 Å². The Bertz CT molecular complexity index is 1310. The van der Waals surface area contributed by atoms with Gasteiger partial charge in [-0.05, 0) is 12.5 Å². The predicted molar refractivity (Wildman–Crippen MR) is 120 cm³/mol. The Kier molecular flexibility index (Phi) is 5.85. The van der Waals surface area contributed by atoms with Gasteiger partial charge in [-0.25, -0.2) is 14.3 Å². The number of hydrogen-bond acceptors (Lipinski definition) is 4. The largest absolute Gasteiger partial charge is 0.480 e. The van der Waals surface area contributed by atoms with Crippen LogP contribution in [0.3, 0.4) is 0 Å². The second kappa shape index (κ2) is 8.89. The Morgan fingerprint density at radius 3 is 2.38 bits per heavy atom. The van der Waals surface area contributed by atoms with Gasteiger partial charge < -0.3 is 10.0 Å². The molecule has 0 bridgehead atoms. The van der Waals surface area contributed by atoms with Crippen molar-refractivity contribution in [1.82, 2.24) is 19.5 Å². The van der Waals surface area contributed by atoms with E-state index in [0.29, 0.717) is 5.69 Å². The van der Waals surface area contributed by atoms with Crippen molar-refractivity contribution in [3.8, 4) is 11.3 Å². The molecule has 8 heteroatoms. The maximum absolute atomic E-state index is 13.4. The van der Waals surface area contributed by atoms with Crippen molar-refractivity contribution < 1.29 is 14.7 Å². The molecule has 2 heterocycles. The molecule has 0 unspecified atom stereocenters. The van der Waals surface area contributed by atoms with Gasteiger partial charge in [0, 0.05) is 30.8 Å². The van der Waals surface area contributed by atoms with E-state index >= 15 is 0 Å². The molecular weight excluding hydrogens is 408 g/mol. The molecule has 0 saturated heterocycles. The first-order chi connectivity index (χ1) is 15.5. The van der Waals surface area contributed by atoms with Crippen LogP contribution in [0.25, 0.3) is 16.9 Å². The highest BCUT2D eigenvalue weighted by Crippen LogP contribution is 2.19. The smallest absolute Gasteiger partial charge is 0.326 e. The number of carbonyl (C=O) groups is 2. The summed E-state index contributed by atoms with van der Waals surface area (Å²) in [6, 6.07) is 18.7. The lowest BCUT2D eigenvalue weighted by Gasteiger charge is -2.27. The molecule has 2 aromatic heterocycles. The number of carbonyl (C=O) groups excluding carboxylic acids is 1. The summed E-state index contributed by atoms with van der Waals surface area (Å²) in [6.45, 7) is 1.91. The second-order valence-corrected chi connectivity index (χ2v) is 7.33. The molecule has 0 aliphatic heterocycles. The number of carboxylic acid groups (broad SMARTS) is 1. The van der Waals surface area contributed by atoms with Crippen LogP contribution in [0.15, 0.2) is 77.7 Å². The molecule has 2 N–H and O–H groups in total. The zero-order valence-electron chi connectivity index (χ0n) is 17.4. The minimum absolute atomic E-state index is 0.140. The summed E-state index contributed by atoms with van der Waals surface area (Å²) in [5.74, 6) is -1.61. The van der Waals surface area contributed by atoms with Crippen LogP contribution in [0.5, 0.6) is 0 Å². The number of amides is 1. The fourth-order valence-electron chi connectivity index (χ4n) is 3.72. The molecule has 0 saturated carbocycles. The van der Waals surface area contributed by atoms with Crippen LogP contribution in [0.1, 0.15) is 22.8 Å². The Labute approximate surface area is 183 Å². The number of aliphatic carboxylic acids is 1. The van der Waals surface area contributed by atoms with Crippen molar-refractivity contribution in [3.63, 3.8) is 0 Å². The number of aromatic amines is 1. The normalized spacial score (nSPS) is 11.9. The monoisotopic (exact) mass is 430 g/mol. The van der Waals surface area contributed by atoms with Gasteiger partial charge in [0.15, 0.2) is 5.65 Å². The van der Waals surface area contributed by atoms with Gasteiger partial charge >= 0.3 is 5.97 Å². The number of hydrogen-bond donors (Lipinski definition) is 2. The van der Waals surface area contributed by atoms with E-state index in [9.17, 15) is 19.5 Å². The SMILES string of the molecule is CCN(C(=O)c1c[nH]n2c(=O)cc(-c3ccccc3)nc12)[C@@H](Cc1ccccc1)C(=O)O. The second-order valence-electron chi connectivity index (χ2n) is 7.33. The number of benzene rings is 2. The van der Waals surface area contributed by atoms with Crippen LogP contribution in [0, 0.1) is 0 Å². The molecule has 1 atom stereocenters. The Morgan fingerprint density at radius 2 is 1.75 bits per heavy atom. The van der Waals surface area contributed by atoms with Crippen molar-refractivity contribution in [1.29, 1.82) is 0 Å². The van der Waals surface area contributed by atoms with E-state index < -0.39 is 17.9 Å². The van der Waals surface area contributed by atoms with Gasteiger partial charge in [0.05, 0.1) is 5.69 Å². The van der Waals surface area contributed by atoms with E-state index in [2.05, 4.69) is 10.1 Å². The molecule has 0 spiro atoms. The predicted octanol–water partition coefficient (Wildman–Crippen LogP) is 2.85. The Hall–Kier alpha value is -4.20. The van der Waals surface area contributed by atoms with Crippen LogP contribution < -0.4 is 5.56 Å². The van der Waals surface area contributed by atoms with E-state index in [-0.39, 0.29) is 29.7 Å². The molecular formula is C24H22N4O4. The molecule has 0 aliphatic carbocycles. The number of nitrogens with zero attached hydrogens (tertiary/aromatic N) is 3. The number of carboxylic acids is 1. The number of H-pyrrole nitrogens is 1. The highest BCUT2D eigenvalue weighted by atomic mass is 16.4. The third-order valence-corrected chi connectivity index (χ3v) is 5.33. The lowest BCUT2D eigenvalue weighted by molar-refractivity contribution is -0.142. The maximum Gasteiger partial charge on any atom is 0.326 e. The highest BCUT2D eigenvalue weighted by molar-refractivity contribution is 6.01. The fraction of sp³-hybridized carbons (Fsp3) is 0.167. The summed E-state index contributed by atoms with van der Waals surface area (Å²) in [5, 5.41) is 12.6. The molecule has 4 aromatic rings. The summed E-state index contributed by atoms with van der Waals surface area (Å²) in [4.78, 5) is 43.9. The van der Waals surface area contributed by atoms with Crippen molar-refractivity contribution in [2.45, 2.75) is 19.4 Å². The van der Waals surface area contributed by atoms with E-state index in [4.69, 9.17) is 0 Å². The average Bonchev–Trinajstić information content (AvgIpc) is 3.24. The van der Waals surface area contributed by atoms with Crippen LogP contribution in [0.2, 0.25) is 0 Å². The van der Waals surface area contributed by atoms with Gasteiger partial charge in [0.25, 0.3) is 11.5 Å². The Morgan fingerprint density at radius 1 is 1.09 bits per heavy atom. The van der Waals surface area contributed by atoms with Crippen LogP contribution in [-0.2, 0) is 11.2 Å². The van der Waals surface area contributed by atoms with E-state index in [1.54, 1.807) is 6.92 Å². The van der Waals surface area contributed by atoms with Gasteiger partial charge in [-0.1, -0.05) is 60.7 Å². The third kappa shape index (κ3) is 4.02. The molecule has 2 aromatic carbocycles. The molecule has 0 aliphatic rings. The molecule has 32 heavy (non-hydrogen) atoms. The summed E-state index contributed by atoms with van der Waals surface area (Å²) in [7, 11) is 0. The Balaban J connectivity index is 1.75. The molecule has 1 amide bonds. The maximum atomic E-state index is 13.4. The zero-order chi connectivity index (χ0) is 22.7. The van der Waals surface area contributed by atoms with Gasteiger partial charge in [-0.2, -0.15) is 0 Å². The lowest BCUT2D eigenvalue weighted by atomic mass is 10.0. The number of aromatic nitrogens is 3. The highest BCUT2D eigenvalue weighted by Gasteiger charge is 2.31. The van der Waals surface area contributed by atoms with Gasteiger partial charge in [0.1, 0.15) is 11.6 Å². The molecule has 4 rings (SSSR count). The minimum Gasteiger partial charge on any atom is -0.480 e. The van der Waals surface area contributed by atoms with E-state index in [1.807, 2.05) is 60.7 Å². The molecule has 0 radical (unpaired) electrons. The number of fused-ring (bicyclic) bond motifs is 1. The summed E-state index contributed by atoms with van der Waals surface area (Å²) in [6.07, 6.45) is 1.56. The average molecular weight is 430 g/mol. The van der Waals surface area contributed by atoms with Crippen LogP contribution in [0.4, 0.5) is 0 Å². The number of likely N-dealkylation sites (N-methyl/N-ethyl adjacent to an activating group) is 1.